The van der Waals surface area contributed by atoms with Crippen molar-refractivity contribution in [3.8, 4) is 0 Å². The number of nitrogens with zero attached hydrogens (tertiary/aromatic N) is 1. The summed E-state index contributed by atoms with van der Waals surface area (Å²) in [4.78, 5) is 10.3. The minimum absolute atomic E-state index is 0.0346. The number of nitro benzene ring substituents is 1. The van der Waals surface area contributed by atoms with Gasteiger partial charge in [0, 0.05) is 12.7 Å². The van der Waals surface area contributed by atoms with Crippen molar-refractivity contribution in [1.29, 1.82) is 0 Å². The maximum Gasteiger partial charge on any atom is 0.283 e. The molecule has 1 aromatic carbocycles. The molecule has 0 aliphatic heterocycles. The Bertz CT molecular complexity index is 411. The largest absolute Gasteiger partial charge is 0.379 e. The van der Waals surface area contributed by atoms with Gasteiger partial charge in [-0.05, 0) is 41.4 Å². The van der Waals surface area contributed by atoms with E-state index in [0.717, 1.165) is 5.56 Å². The lowest BCUT2D eigenvalue weighted by molar-refractivity contribution is -0.385. The molecule has 0 radical (unpaired) electrons. The van der Waals surface area contributed by atoms with E-state index in [9.17, 15) is 10.1 Å². The molecule has 0 amide bonds. The van der Waals surface area contributed by atoms with E-state index in [1.54, 1.807) is 12.1 Å². The van der Waals surface area contributed by atoms with Crippen LogP contribution in [0.4, 0.5) is 5.69 Å². The van der Waals surface area contributed by atoms with Gasteiger partial charge in [-0.3, -0.25) is 10.1 Å². The molecule has 18 heavy (non-hydrogen) atoms. The highest BCUT2D eigenvalue weighted by molar-refractivity contribution is 9.10. The van der Waals surface area contributed by atoms with Crippen molar-refractivity contribution in [2.75, 3.05) is 13.2 Å². The molecule has 0 aliphatic rings. The summed E-state index contributed by atoms with van der Waals surface area (Å²) >= 11 is 3.14. The fourth-order valence-electron chi connectivity index (χ4n) is 1.36. The van der Waals surface area contributed by atoms with Gasteiger partial charge in [0.15, 0.2) is 0 Å². The molecule has 0 bridgehead atoms. The van der Waals surface area contributed by atoms with Crippen LogP contribution in [0.1, 0.15) is 19.4 Å². The molecule has 1 unspecified atom stereocenters. The molecule has 0 saturated carbocycles. The molecule has 0 fully saturated rings. The second-order valence-corrected chi connectivity index (χ2v) is 4.68. The number of hydrogen-bond acceptors (Lipinski definition) is 4. The SMILES string of the molecule is CCOCC(C)OCc1ccc(Br)c([N+](=O)[O-])c1. The highest BCUT2D eigenvalue weighted by Gasteiger charge is 2.12. The first kappa shape index (κ1) is 15.1. The number of rotatable bonds is 7. The monoisotopic (exact) mass is 317 g/mol. The topological polar surface area (TPSA) is 61.6 Å². The molecule has 1 atom stereocenters. The van der Waals surface area contributed by atoms with Crippen LogP contribution in [0, 0.1) is 10.1 Å². The third-order valence-electron chi connectivity index (χ3n) is 2.30. The van der Waals surface area contributed by atoms with Crippen molar-refractivity contribution in [2.24, 2.45) is 0 Å². The van der Waals surface area contributed by atoms with Gasteiger partial charge in [-0.15, -0.1) is 0 Å². The summed E-state index contributed by atoms with van der Waals surface area (Å²) in [6.07, 6.45) is -0.0346. The standard InChI is InChI=1S/C12H16BrNO4/c1-3-17-7-9(2)18-8-10-4-5-11(13)12(6-10)14(15)16/h4-6,9H,3,7-8H2,1-2H3. The van der Waals surface area contributed by atoms with E-state index in [-0.39, 0.29) is 11.8 Å². The van der Waals surface area contributed by atoms with E-state index in [4.69, 9.17) is 9.47 Å². The molecule has 6 heteroatoms. The Morgan fingerprint density at radius 2 is 2.22 bits per heavy atom. The van der Waals surface area contributed by atoms with Gasteiger partial charge in [-0.1, -0.05) is 6.07 Å². The Morgan fingerprint density at radius 1 is 1.50 bits per heavy atom. The molecule has 100 valence electrons. The maximum atomic E-state index is 10.8. The first-order chi connectivity index (χ1) is 8.54. The van der Waals surface area contributed by atoms with Gasteiger partial charge in [0.2, 0.25) is 0 Å². The summed E-state index contributed by atoms with van der Waals surface area (Å²) in [7, 11) is 0. The van der Waals surface area contributed by atoms with Gasteiger partial charge in [-0.25, -0.2) is 0 Å². The van der Waals surface area contributed by atoms with Crippen LogP contribution in [-0.2, 0) is 16.1 Å². The number of halogens is 1. The van der Waals surface area contributed by atoms with Gasteiger partial charge < -0.3 is 9.47 Å². The lowest BCUT2D eigenvalue weighted by atomic mass is 10.2. The number of nitro groups is 1. The fourth-order valence-corrected chi connectivity index (χ4v) is 1.75. The predicted octanol–water partition coefficient (Wildman–Crippen LogP) is 3.30. The van der Waals surface area contributed by atoms with E-state index in [1.807, 2.05) is 13.8 Å². The van der Waals surface area contributed by atoms with E-state index in [1.165, 1.54) is 6.07 Å². The lowest BCUT2D eigenvalue weighted by Crippen LogP contribution is -2.15. The minimum atomic E-state index is -0.419. The third kappa shape index (κ3) is 4.72. The molecular formula is C12H16BrNO4. The lowest BCUT2D eigenvalue weighted by Gasteiger charge is -2.12. The molecule has 0 saturated heterocycles. The van der Waals surface area contributed by atoms with E-state index in [2.05, 4.69) is 15.9 Å². The normalized spacial score (nSPS) is 12.4. The predicted molar refractivity (Wildman–Crippen MR) is 71.5 cm³/mol. The number of ether oxygens (including phenoxy) is 2. The van der Waals surface area contributed by atoms with Crippen LogP contribution in [0.2, 0.25) is 0 Å². The van der Waals surface area contributed by atoms with E-state index in [0.29, 0.717) is 24.3 Å². The first-order valence-electron chi connectivity index (χ1n) is 5.66. The zero-order valence-corrected chi connectivity index (χ0v) is 12.0. The molecule has 0 aliphatic carbocycles. The van der Waals surface area contributed by atoms with Gasteiger partial charge >= 0.3 is 0 Å². The van der Waals surface area contributed by atoms with E-state index >= 15 is 0 Å². The zero-order chi connectivity index (χ0) is 13.5. The highest BCUT2D eigenvalue weighted by Crippen LogP contribution is 2.25. The molecule has 1 aromatic rings. The summed E-state index contributed by atoms with van der Waals surface area (Å²) in [5, 5.41) is 10.8. The number of benzene rings is 1. The quantitative estimate of drug-likeness (QED) is 0.572. The van der Waals surface area contributed by atoms with Gasteiger partial charge in [-0.2, -0.15) is 0 Å². The Hall–Kier alpha value is -0.980. The fraction of sp³-hybridized carbons (Fsp3) is 0.500. The summed E-state index contributed by atoms with van der Waals surface area (Å²) in [6.45, 7) is 5.34. The zero-order valence-electron chi connectivity index (χ0n) is 10.4. The van der Waals surface area contributed by atoms with Gasteiger partial charge in [0.25, 0.3) is 5.69 Å². The average molecular weight is 318 g/mol. The van der Waals surface area contributed by atoms with Crippen LogP contribution in [0.3, 0.4) is 0 Å². The van der Waals surface area contributed by atoms with Crippen LogP contribution in [-0.4, -0.2) is 24.2 Å². The summed E-state index contributed by atoms with van der Waals surface area (Å²) in [5.74, 6) is 0. The molecule has 0 heterocycles. The molecule has 5 nitrogen and oxygen atoms in total. The van der Waals surface area contributed by atoms with Crippen LogP contribution in [0.25, 0.3) is 0 Å². The van der Waals surface area contributed by atoms with Crippen molar-refractivity contribution in [3.63, 3.8) is 0 Å². The Morgan fingerprint density at radius 3 is 2.83 bits per heavy atom. The van der Waals surface area contributed by atoms with Crippen molar-refractivity contribution >= 4 is 21.6 Å². The summed E-state index contributed by atoms with van der Waals surface area (Å²) in [5.41, 5.74) is 0.821. The van der Waals surface area contributed by atoms with E-state index < -0.39 is 4.92 Å². The third-order valence-corrected chi connectivity index (χ3v) is 2.97. The number of hydrogen-bond donors (Lipinski definition) is 0. The molecule has 0 spiro atoms. The summed E-state index contributed by atoms with van der Waals surface area (Å²) < 4.78 is 11.2. The molecule has 1 rings (SSSR count). The molecule has 0 aromatic heterocycles. The van der Waals surface area contributed by atoms with Crippen LogP contribution in [0.15, 0.2) is 22.7 Å². The first-order valence-corrected chi connectivity index (χ1v) is 6.46. The van der Waals surface area contributed by atoms with Crippen LogP contribution in [0.5, 0.6) is 0 Å². The van der Waals surface area contributed by atoms with Gasteiger partial charge in [0.1, 0.15) is 0 Å². The molecule has 0 N–H and O–H groups in total. The van der Waals surface area contributed by atoms with Crippen molar-refractivity contribution in [3.05, 3.63) is 38.3 Å². The smallest absolute Gasteiger partial charge is 0.283 e. The van der Waals surface area contributed by atoms with Crippen LogP contribution < -0.4 is 0 Å². The second kappa shape index (κ2) is 7.45. The molecular weight excluding hydrogens is 302 g/mol. The van der Waals surface area contributed by atoms with Crippen LogP contribution >= 0.6 is 15.9 Å². The maximum absolute atomic E-state index is 10.8. The Balaban J connectivity index is 2.57. The Kier molecular flexibility index (Phi) is 6.24. The minimum Gasteiger partial charge on any atom is -0.379 e. The average Bonchev–Trinajstić information content (AvgIpc) is 2.35. The van der Waals surface area contributed by atoms with Crippen molar-refractivity contribution < 1.29 is 14.4 Å². The summed E-state index contributed by atoms with van der Waals surface area (Å²) in [6, 6.07) is 4.96. The van der Waals surface area contributed by atoms with Crippen molar-refractivity contribution in [2.45, 2.75) is 26.6 Å². The highest BCUT2D eigenvalue weighted by atomic mass is 79.9. The second-order valence-electron chi connectivity index (χ2n) is 3.82. The van der Waals surface area contributed by atoms with Crippen molar-refractivity contribution in [1.82, 2.24) is 0 Å². The van der Waals surface area contributed by atoms with Gasteiger partial charge in [0.05, 0.1) is 28.7 Å². The Labute approximate surface area is 114 Å².